The fourth-order valence-corrected chi connectivity index (χ4v) is 2.87. The highest BCUT2D eigenvalue weighted by atomic mass is 16.5. The van der Waals surface area contributed by atoms with Gasteiger partial charge in [0, 0.05) is 38.4 Å². The minimum atomic E-state index is 0.107. The van der Waals surface area contributed by atoms with E-state index in [0.29, 0.717) is 6.54 Å². The summed E-state index contributed by atoms with van der Waals surface area (Å²) >= 11 is 0. The molecule has 1 fully saturated rings. The second-order valence-corrected chi connectivity index (χ2v) is 4.90. The van der Waals surface area contributed by atoms with Crippen LogP contribution in [0.4, 0.5) is 0 Å². The van der Waals surface area contributed by atoms with Crippen LogP contribution < -0.4 is 5.73 Å². The fourth-order valence-electron chi connectivity index (χ4n) is 2.87. The van der Waals surface area contributed by atoms with Crippen molar-refractivity contribution >= 4 is 0 Å². The van der Waals surface area contributed by atoms with Gasteiger partial charge in [0.2, 0.25) is 0 Å². The van der Waals surface area contributed by atoms with Crippen LogP contribution in [0.15, 0.2) is 6.33 Å². The molecule has 0 aromatic carbocycles. The van der Waals surface area contributed by atoms with Crippen molar-refractivity contribution in [2.24, 2.45) is 5.73 Å². The smallest absolute Gasteiger partial charge is 0.147 e. The van der Waals surface area contributed by atoms with E-state index in [4.69, 9.17) is 10.5 Å². The summed E-state index contributed by atoms with van der Waals surface area (Å²) in [5.74, 6) is 1.05. The third kappa shape index (κ3) is 1.86. The van der Waals surface area contributed by atoms with Crippen molar-refractivity contribution in [3.63, 3.8) is 0 Å². The molecule has 0 aliphatic carbocycles. The standard InChI is InChI=1S/C11H19N5O/c12-8-11(1-5-17-6-2-11)16-4-3-15-9-13-14-10(15)7-16/h9H,1-8,12H2. The molecular formula is C11H19N5O. The van der Waals surface area contributed by atoms with Crippen molar-refractivity contribution in [1.82, 2.24) is 19.7 Å². The number of ether oxygens (including phenoxy) is 1. The second-order valence-electron chi connectivity index (χ2n) is 4.90. The van der Waals surface area contributed by atoms with Gasteiger partial charge in [0.05, 0.1) is 6.54 Å². The molecule has 0 unspecified atom stereocenters. The Labute approximate surface area is 101 Å². The van der Waals surface area contributed by atoms with Gasteiger partial charge in [-0.05, 0) is 12.8 Å². The van der Waals surface area contributed by atoms with Crippen LogP contribution >= 0.6 is 0 Å². The molecule has 6 nitrogen and oxygen atoms in total. The molecule has 0 atom stereocenters. The number of hydrogen-bond acceptors (Lipinski definition) is 5. The van der Waals surface area contributed by atoms with E-state index in [1.165, 1.54) is 0 Å². The highest BCUT2D eigenvalue weighted by Gasteiger charge is 2.39. The quantitative estimate of drug-likeness (QED) is 0.758. The summed E-state index contributed by atoms with van der Waals surface area (Å²) in [6, 6.07) is 0. The van der Waals surface area contributed by atoms with Gasteiger partial charge in [-0.1, -0.05) is 0 Å². The zero-order chi connectivity index (χ0) is 11.7. The Hall–Kier alpha value is -0.980. The van der Waals surface area contributed by atoms with Gasteiger partial charge in [0.1, 0.15) is 12.2 Å². The van der Waals surface area contributed by atoms with Gasteiger partial charge in [-0.25, -0.2) is 0 Å². The average molecular weight is 237 g/mol. The third-order valence-corrected chi connectivity index (χ3v) is 4.11. The van der Waals surface area contributed by atoms with Crippen LogP contribution in [0.25, 0.3) is 0 Å². The molecule has 1 aromatic heterocycles. The van der Waals surface area contributed by atoms with Crippen molar-refractivity contribution < 1.29 is 4.74 Å². The number of nitrogens with two attached hydrogens (primary N) is 1. The molecule has 2 aliphatic rings. The minimum Gasteiger partial charge on any atom is -0.381 e. The second kappa shape index (κ2) is 4.36. The first-order chi connectivity index (χ1) is 8.34. The first-order valence-electron chi connectivity index (χ1n) is 6.24. The maximum atomic E-state index is 6.02. The number of hydrogen-bond donors (Lipinski definition) is 1. The van der Waals surface area contributed by atoms with Crippen LogP contribution in [0.5, 0.6) is 0 Å². The van der Waals surface area contributed by atoms with Gasteiger partial charge in [-0.2, -0.15) is 0 Å². The summed E-state index contributed by atoms with van der Waals surface area (Å²) in [4.78, 5) is 2.47. The summed E-state index contributed by atoms with van der Waals surface area (Å²) in [7, 11) is 0. The number of fused-ring (bicyclic) bond motifs is 1. The number of aromatic nitrogens is 3. The molecule has 6 heteroatoms. The Balaban J connectivity index is 1.80. The van der Waals surface area contributed by atoms with Crippen LogP contribution in [0, 0.1) is 0 Å². The van der Waals surface area contributed by atoms with E-state index in [0.717, 1.165) is 51.5 Å². The zero-order valence-electron chi connectivity index (χ0n) is 10.0. The lowest BCUT2D eigenvalue weighted by atomic mass is 9.87. The van der Waals surface area contributed by atoms with Gasteiger partial charge >= 0.3 is 0 Å². The average Bonchev–Trinajstić information content (AvgIpc) is 2.86. The van der Waals surface area contributed by atoms with Gasteiger partial charge in [-0.15, -0.1) is 10.2 Å². The lowest BCUT2D eigenvalue weighted by Crippen LogP contribution is -2.58. The molecule has 2 aliphatic heterocycles. The summed E-state index contributed by atoms with van der Waals surface area (Å²) in [5.41, 5.74) is 6.13. The molecule has 1 aromatic rings. The molecular weight excluding hydrogens is 218 g/mol. The van der Waals surface area contributed by atoms with E-state index in [2.05, 4.69) is 19.7 Å². The summed E-state index contributed by atoms with van der Waals surface area (Å²) in [5, 5.41) is 8.13. The Morgan fingerprint density at radius 2 is 2.18 bits per heavy atom. The topological polar surface area (TPSA) is 69.2 Å². The Kier molecular flexibility index (Phi) is 2.85. The lowest BCUT2D eigenvalue weighted by Gasteiger charge is -2.47. The third-order valence-electron chi connectivity index (χ3n) is 4.11. The maximum Gasteiger partial charge on any atom is 0.147 e. The van der Waals surface area contributed by atoms with Crippen LogP contribution in [0.3, 0.4) is 0 Å². The predicted octanol–water partition coefficient (Wildman–Crippen LogP) is -0.398. The maximum absolute atomic E-state index is 6.02. The van der Waals surface area contributed by atoms with E-state index in [1.807, 2.05) is 6.33 Å². The first-order valence-corrected chi connectivity index (χ1v) is 6.24. The summed E-state index contributed by atoms with van der Waals surface area (Å²) < 4.78 is 7.58. The van der Waals surface area contributed by atoms with E-state index >= 15 is 0 Å². The molecule has 94 valence electrons. The summed E-state index contributed by atoms with van der Waals surface area (Å²) in [6.07, 6.45) is 3.86. The van der Waals surface area contributed by atoms with E-state index in [1.54, 1.807) is 0 Å². The Morgan fingerprint density at radius 3 is 2.94 bits per heavy atom. The van der Waals surface area contributed by atoms with E-state index in [-0.39, 0.29) is 5.54 Å². The molecule has 3 rings (SSSR count). The fraction of sp³-hybridized carbons (Fsp3) is 0.818. The molecule has 3 heterocycles. The predicted molar refractivity (Wildman–Crippen MR) is 62.3 cm³/mol. The van der Waals surface area contributed by atoms with E-state index in [9.17, 15) is 0 Å². The normalized spacial score (nSPS) is 24.5. The lowest BCUT2D eigenvalue weighted by molar-refractivity contribution is -0.0361. The SMILES string of the molecule is NCC1(N2CCn3cnnc3C2)CCOCC1. The highest BCUT2D eigenvalue weighted by molar-refractivity contribution is 4.99. The van der Waals surface area contributed by atoms with Crippen molar-refractivity contribution in [2.75, 3.05) is 26.3 Å². The molecule has 0 saturated carbocycles. The summed E-state index contributed by atoms with van der Waals surface area (Å²) in [6.45, 7) is 5.19. The highest BCUT2D eigenvalue weighted by Crippen LogP contribution is 2.29. The number of nitrogens with zero attached hydrogens (tertiary/aromatic N) is 4. The number of rotatable bonds is 2. The molecule has 0 spiro atoms. The van der Waals surface area contributed by atoms with Gasteiger partial charge in [-0.3, -0.25) is 4.90 Å². The van der Waals surface area contributed by atoms with Crippen molar-refractivity contribution in [3.05, 3.63) is 12.2 Å². The first kappa shape index (κ1) is 11.1. The van der Waals surface area contributed by atoms with Crippen molar-refractivity contribution in [2.45, 2.75) is 31.5 Å². The molecule has 2 N–H and O–H groups in total. The van der Waals surface area contributed by atoms with Gasteiger partial charge in [0.15, 0.2) is 0 Å². The zero-order valence-corrected chi connectivity index (χ0v) is 10.0. The Morgan fingerprint density at radius 1 is 1.35 bits per heavy atom. The van der Waals surface area contributed by atoms with Gasteiger partial charge in [0.25, 0.3) is 0 Å². The van der Waals surface area contributed by atoms with Crippen LogP contribution in [-0.4, -0.2) is 51.5 Å². The largest absolute Gasteiger partial charge is 0.381 e. The van der Waals surface area contributed by atoms with Crippen LogP contribution in [0.2, 0.25) is 0 Å². The van der Waals surface area contributed by atoms with E-state index < -0.39 is 0 Å². The van der Waals surface area contributed by atoms with Crippen LogP contribution in [-0.2, 0) is 17.8 Å². The van der Waals surface area contributed by atoms with Crippen molar-refractivity contribution in [1.29, 1.82) is 0 Å². The molecule has 1 saturated heterocycles. The molecule has 0 radical (unpaired) electrons. The Bertz CT molecular complexity index is 385. The molecule has 17 heavy (non-hydrogen) atoms. The van der Waals surface area contributed by atoms with Crippen molar-refractivity contribution in [3.8, 4) is 0 Å². The monoisotopic (exact) mass is 237 g/mol. The van der Waals surface area contributed by atoms with Crippen LogP contribution in [0.1, 0.15) is 18.7 Å². The minimum absolute atomic E-state index is 0.107. The van der Waals surface area contributed by atoms with Gasteiger partial charge < -0.3 is 15.0 Å². The molecule has 0 amide bonds. The molecule has 0 bridgehead atoms.